The van der Waals surface area contributed by atoms with E-state index in [-0.39, 0.29) is 11.6 Å². The fourth-order valence-corrected chi connectivity index (χ4v) is 4.64. The minimum Gasteiger partial charge on any atom is -0.264 e. The minimum atomic E-state index is -4.02. The van der Waals surface area contributed by atoms with E-state index >= 15 is 0 Å². The van der Waals surface area contributed by atoms with Gasteiger partial charge in [-0.05, 0) is 59.1 Å². The molecule has 0 N–H and O–H groups in total. The van der Waals surface area contributed by atoms with Gasteiger partial charge in [0, 0.05) is 11.6 Å². The highest BCUT2D eigenvalue weighted by molar-refractivity contribution is 9.10. The topological polar surface area (TPSA) is 50.3 Å². The van der Waals surface area contributed by atoms with E-state index < -0.39 is 20.7 Å². The molecule has 3 rings (SSSR count). The van der Waals surface area contributed by atoms with Gasteiger partial charge in [0.2, 0.25) is 0 Å². The lowest BCUT2D eigenvalue weighted by Crippen LogP contribution is -2.36. The number of nitrogens with zero attached hydrogens (tertiary/aromatic N) is 2. The molecule has 0 bridgehead atoms. The van der Waals surface area contributed by atoms with Crippen molar-refractivity contribution in [1.29, 1.82) is 0 Å². The lowest BCUT2D eigenvalue weighted by Gasteiger charge is -2.30. The second kappa shape index (κ2) is 5.79. The van der Waals surface area contributed by atoms with E-state index in [2.05, 4.69) is 20.9 Å². The molecule has 1 aromatic heterocycles. The third-order valence-electron chi connectivity index (χ3n) is 3.42. The molecule has 0 amide bonds. The van der Waals surface area contributed by atoms with Crippen LogP contribution in [-0.4, -0.2) is 19.9 Å². The third kappa shape index (κ3) is 2.73. The number of anilines is 1. The highest BCUT2D eigenvalue weighted by atomic mass is 79.9. The van der Waals surface area contributed by atoms with Gasteiger partial charge < -0.3 is 0 Å². The molecule has 0 radical (unpaired) electrons. The zero-order valence-corrected chi connectivity index (χ0v) is 14.4. The summed E-state index contributed by atoms with van der Waals surface area (Å²) in [5.41, 5.74) is 1.15. The SMILES string of the molecule is O=S(=O)(c1cc(Cl)ccc1F)N1CCCc2nc(Br)ccc21. The van der Waals surface area contributed by atoms with Crippen molar-refractivity contribution in [2.24, 2.45) is 0 Å². The summed E-state index contributed by atoms with van der Waals surface area (Å²) in [6.45, 7) is 0.282. The Bertz CT molecular complexity index is 845. The number of benzene rings is 1. The fraction of sp³-hybridized carbons (Fsp3) is 0.214. The van der Waals surface area contributed by atoms with Crippen molar-refractivity contribution in [3.8, 4) is 0 Å². The summed E-state index contributed by atoms with van der Waals surface area (Å²) in [5, 5.41) is 0.172. The maximum atomic E-state index is 14.0. The molecule has 8 heteroatoms. The quantitative estimate of drug-likeness (QED) is 0.715. The average Bonchev–Trinajstić information content (AvgIpc) is 2.48. The van der Waals surface area contributed by atoms with Crippen molar-refractivity contribution in [2.75, 3.05) is 10.8 Å². The van der Waals surface area contributed by atoms with Crippen LogP contribution in [0.4, 0.5) is 10.1 Å². The Morgan fingerprint density at radius 2 is 2.05 bits per heavy atom. The van der Waals surface area contributed by atoms with Gasteiger partial charge in [-0.25, -0.2) is 17.8 Å². The number of fused-ring (bicyclic) bond motifs is 1. The number of aryl methyl sites for hydroxylation is 1. The Hall–Kier alpha value is -1.18. The fourth-order valence-electron chi connectivity index (χ4n) is 2.43. The average molecular weight is 406 g/mol. The molecule has 1 aromatic carbocycles. The summed E-state index contributed by atoms with van der Waals surface area (Å²) in [7, 11) is -4.02. The Morgan fingerprint density at radius 1 is 1.27 bits per heavy atom. The van der Waals surface area contributed by atoms with Gasteiger partial charge in [-0.15, -0.1) is 0 Å². The van der Waals surface area contributed by atoms with Gasteiger partial charge >= 0.3 is 0 Å². The van der Waals surface area contributed by atoms with Crippen LogP contribution in [0.5, 0.6) is 0 Å². The Morgan fingerprint density at radius 3 is 2.82 bits per heavy atom. The van der Waals surface area contributed by atoms with Gasteiger partial charge in [0.05, 0.1) is 11.4 Å². The van der Waals surface area contributed by atoms with Crippen LogP contribution >= 0.6 is 27.5 Å². The predicted octanol–water partition coefficient (Wildman–Crippen LogP) is 3.78. The van der Waals surface area contributed by atoms with E-state index in [1.54, 1.807) is 12.1 Å². The van der Waals surface area contributed by atoms with Crippen LogP contribution < -0.4 is 4.31 Å². The molecule has 0 unspecified atom stereocenters. The largest absolute Gasteiger partial charge is 0.267 e. The molecule has 0 saturated heterocycles. The Labute approximate surface area is 141 Å². The first-order valence-electron chi connectivity index (χ1n) is 6.53. The normalized spacial score (nSPS) is 14.8. The minimum absolute atomic E-state index is 0.172. The van der Waals surface area contributed by atoms with Crippen LogP contribution in [0.3, 0.4) is 0 Å². The van der Waals surface area contributed by atoms with Crippen molar-refractivity contribution in [2.45, 2.75) is 17.7 Å². The highest BCUT2D eigenvalue weighted by Gasteiger charge is 2.32. The number of rotatable bonds is 2. The van der Waals surface area contributed by atoms with E-state index in [4.69, 9.17) is 11.6 Å². The lowest BCUT2D eigenvalue weighted by molar-refractivity contribution is 0.560. The molecule has 0 atom stereocenters. The maximum Gasteiger partial charge on any atom is 0.267 e. The molecule has 0 spiro atoms. The molecule has 1 aliphatic heterocycles. The van der Waals surface area contributed by atoms with Crippen LogP contribution in [0.1, 0.15) is 12.1 Å². The number of hydrogen-bond acceptors (Lipinski definition) is 3. The molecule has 0 aliphatic carbocycles. The summed E-state index contributed by atoms with van der Waals surface area (Å²) < 4.78 is 41.4. The van der Waals surface area contributed by atoms with Crippen LogP contribution in [0, 0.1) is 5.82 Å². The lowest BCUT2D eigenvalue weighted by atomic mass is 10.1. The molecule has 2 aromatic rings. The van der Waals surface area contributed by atoms with Gasteiger partial charge in [0.15, 0.2) is 0 Å². The number of aromatic nitrogens is 1. The number of pyridine rings is 1. The molecular formula is C14H11BrClFN2O2S. The first-order valence-corrected chi connectivity index (χ1v) is 9.14. The summed E-state index contributed by atoms with van der Waals surface area (Å²) >= 11 is 9.08. The third-order valence-corrected chi connectivity index (χ3v) is 5.93. The van der Waals surface area contributed by atoms with Crippen LogP contribution in [0.25, 0.3) is 0 Å². The van der Waals surface area contributed by atoms with Crippen molar-refractivity contribution in [1.82, 2.24) is 4.98 Å². The predicted molar refractivity (Wildman–Crippen MR) is 86.2 cm³/mol. The highest BCUT2D eigenvalue weighted by Crippen LogP contribution is 2.33. The molecule has 116 valence electrons. The van der Waals surface area contributed by atoms with E-state index in [9.17, 15) is 12.8 Å². The van der Waals surface area contributed by atoms with Gasteiger partial charge in [0.25, 0.3) is 10.0 Å². The van der Waals surface area contributed by atoms with Gasteiger partial charge in [-0.1, -0.05) is 11.6 Å². The molecule has 0 fully saturated rings. The number of hydrogen-bond donors (Lipinski definition) is 0. The van der Waals surface area contributed by atoms with Crippen LogP contribution in [0.2, 0.25) is 5.02 Å². The van der Waals surface area contributed by atoms with E-state index in [0.717, 1.165) is 12.1 Å². The van der Waals surface area contributed by atoms with E-state index in [1.807, 2.05) is 0 Å². The Kier molecular flexibility index (Phi) is 4.13. The zero-order valence-electron chi connectivity index (χ0n) is 11.3. The van der Waals surface area contributed by atoms with Crippen molar-refractivity contribution in [3.05, 3.63) is 51.5 Å². The van der Waals surface area contributed by atoms with E-state index in [0.29, 0.717) is 28.8 Å². The standard InChI is InChI=1S/C14H11BrClFN2O2S/c15-14-6-5-12-11(18-14)2-1-7-19(12)22(20,21)13-8-9(16)3-4-10(13)17/h3-6,8H,1-2,7H2. The monoisotopic (exact) mass is 404 g/mol. The number of halogens is 3. The van der Waals surface area contributed by atoms with E-state index in [1.165, 1.54) is 10.4 Å². The summed E-state index contributed by atoms with van der Waals surface area (Å²) in [5.74, 6) is -0.818. The molecule has 4 nitrogen and oxygen atoms in total. The summed E-state index contributed by atoms with van der Waals surface area (Å²) in [4.78, 5) is 3.88. The molecule has 0 saturated carbocycles. The van der Waals surface area contributed by atoms with Crippen molar-refractivity contribution >= 4 is 43.2 Å². The van der Waals surface area contributed by atoms with Gasteiger partial charge in [0.1, 0.15) is 15.3 Å². The zero-order chi connectivity index (χ0) is 15.9. The van der Waals surface area contributed by atoms with Crippen LogP contribution in [-0.2, 0) is 16.4 Å². The summed E-state index contributed by atoms with van der Waals surface area (Å²) in [6.07, 6.45) is 1.30. The van der Waals surface area contributed by atoms with Gasteiger partial charge in [-0.3, -0.25) is 4.31 Å². The Balaban J connectivity index is 2.14. The van der Waals surface area contributed by atoms with Crippen molar-refractivity contribution < 1.29 is 12.8 Å². The second-order valence-corrected chi connectivity index (χ2v) is 7.93. The molecule has 1 aliphatic rings. The first-order chi connectivity index (χ1) is 10.4. The van der Waals surface area contributed by atoms with Crippen molar-refractivity contribution in [3.63, 3.8) is 0 Å². The molecular weight excluding hydrogens is 395 g/mol. The van der Waals surface area contributed by atoms with Gasteiger partial charge in [-0.2, -0.15) is 0 Å². The smallest absolute Gasteiger partial charge is 0.264 e. The molecule has 2 heterocycles. The number of sulfonamides is 1. The van der Waals surface area contributed by atoms with Crippen LogP contribution in [0.15, 0.2) is 39.8 Å². The molecule has 22 heavy (non-hydrogen) atoms. The second-order valence-electron chi connectivity index (χ2n) is 4.86. The summed E-state index contributed by atoms with van der Waals surface area (Å²) in [6, 6.07) is 6.85. The first kappa shape index (κ1) is 15.7. The maximum absolute atomic E-state index is 14.0.